The lowest BCUT2D eigenvalue weighted by atomic mass is 9.92. The minimum atomic E-state index is -0.444. The molecule has 1 aliphatic heterocycles. The minimum absolute atomic E-state index is 0.0282. The second-order valence-electron chi connectivity index (χ2n) is 5.52. The van der Waals surface area contributed by atoms with E-state index in [1.807, 2.05) is 30.3 Å². The first-order valence-electron chi connectivity index (χ1n) is 7.32. The van der Waals surface area contributed by atoms with Gasteiger partial charge in [0.2, 0.25) is 5.91 Å². The third-order valence-corrected chi connectivity index (χ3v) is 4.19. The van der Waals surface area contributed by atoms with E-state index in [9.17, 15) is 9.59 Å². The van der Waals surface area contributed by atoms with Crippen molar-refractivity contribution in [2.75, 3.05) is 0 Å². The van der Waals surface area contributed by atoms with Crippen LogP contribution in [0.3, 0.4) is 0 Å². The van der Waals surface area contributed by atoms with Crippen molar-refractivity contribution in [3.8, 4) is 0 Å². The van der Waals surface area contributed by atoms with Crippen LogP contribution in [0.15, 0.2) is 30.3 Å². The van der Waals surface area contributed by atoms with Gasteiger partial charge in [-0.05, 0) is 31.2 Å². The van der Waals surface area contributed by atoms with E-state index in [1.165, 1.54) is 4.90 Å². The Bertz CT molecular complexity index is 500. The summed E-state index contributed by atoms with van der Waals surface area (Å²) in [5.74, 6) is -0.103. The van der Waals surface area contributed by atoms with Crippen LogP contribution in [0.4, 0.5) is 4.79 Å². The van der Waals surface area contributed by atoms with Crippen LogP contribution < -0.4 is 0 Å². The number of carbonyl (C=O) groups is 2. The van der Waals surface area contributed by atoms with Crippen molar-refractivity contribution in [1.29, 1.82) is 0 Å². The van der Waals surface area contributed by atoms with Gasteiger partial charge in [0.25, 0.3) is 0 Å². The number of aryl methyl sites for hydroxylation is 1. The fourth-order valence-corrected chi connectivity index (χ4v) is 3.13. The Morgan fingerprint density at radius 2 is 1.95 bits per heavy atom. The monoisotopic (exact) mass is 273 g/mol. The number of ether oxygens (including phenoxy) is 1. The summed E-state index contributed by atoms with van der Waals surface area (Å²) in [6.07, 6.45) is 4.44. The van der Waals surface area contributed by atoms with E-state index in [2.05, 4.69) is 0 Å². The van der Waals surface area contributed by atoms with Gasteiger partial charge >= 0.3 is 6.09 Å². The smallest absolute Gasteiger partial charge is 0.417 e. The van der Waals surface area contributed by atoms with Gasteiger partial charge in [-0.25, -0.2) is 9.69 Å². The molecular formula is C16H19NO3. The third-order valence-electron chi connectivity index (χ3n) is 4.19. The van der Waals surface area contributed by atoms with E-state index in [0.29, 0.717) is 12.8 Å². The maximum atomic E-state index is 12.3. The number of benzene rings is 1. The molecule has 2 atom stereocenters. The van der Waals surface area contributed by atoms with Crippen LogP contribution in [0.1, 0.15) is 37.7 Å². The maximum absolute atomic E-state index is 12.3. The Balaban J connectivity index is 1.63. The normalized spacial score (nSPS) is 25.2. The molecule has 106 valence electrons. The molecule has 0 bridgehead atoms. The summed E-state index contributed by atoms with van der Waals surface area (Å²) in [4.78, 5) is 25.6. The van der Waals surface area contributed by atoms with E-state index >= 15 is 0 Å². The number of fused-ring (bicyclic) bond motifs is 1. The quantitative estimate of drug-likeness (QED) is 0.850. The van der Waals surface area contributed by atoms with E-state index in [0.717, 1.165) is 31.2 Å². The van der Waals surface area contributed by atoms with Gasteiger partial charge in [0, 0.05) is 6.42 Å². The molecule has 0 aromatic heterocycles. The van der Waals surface area contributed by atoms with Crippen LogP contribution in [-0.2, 0) is 16.0 Å². The Hall–Kier alpha value is -1.84. The van der Waals surface area contributed by atoms with Gasteiger partial charge in [0.05, 0.1) is 6.04 Å². The number of rotatable bonds is 3. The Morgan fingerprint density at radius 3 is 2.75 bits per heavy atom. The van der Waals surface area contributed by atoms with E-state index in [4.69, 9.17) is 4.74 Å². The molecule has 4 nitrogen and oxygen atoms in total. The summed E-state index contributed by atoms with van der Waals surface area (Å²) in [6, 6.07) is 9.84. The second-order valence-corrected chi connectivity index (χ2v) is 5.52. The van der Waals surface area contributed by atoms with Crippen LogP contribution in [0.5, 0.6) is 0 Å². The zero-order valence-corrected chi connectivity index (χ0v) is 11.5. The molecule has 2 aliphatic rings. The summed E-state index contributed by atoms with van der Waals surface area (Å²) in [5.41, 5.74) is 1.12. The predicted octanol–water partition coefficient (Wildman–Crippen LogP) is 2.91. The highest BCUT2D eigenvalue weighted by atomic mass is 16.6. The fraction of sp³-hybridized carbons (Fsp3) is 0.500. The molecule has 0 spiro atoms. The zero-order valence-electron chi connectivity index (χ0n) is 11.5. The van der Waals surface area contributed by atoms with Crippen LogP contribution in [0.25, 0.3) is 0 Å². The molecule has 1 aromatic carbocycles. The van der Waals surface area contributed by atoms with Crippen molar-refractivity contribution in [2.24, 2.45) is 0 Å². The van der Waals surface area contributed by atoms with Crippen molar-refractivity contribution in [3.05, 3.63) is 35.9 Å². The van der Waals surface area contributed by atoms with Crippen molar-refractivity contribution >= 4 is 12.0 Å². The molecular weight excluding hydrogens is 254 g/mol. The molecule has 1 saturated heterocycles. The maximum Gasteiger partial charge on any atom is 0.417 e. The molecule has 4 heteroatoms. The summed E-state index contributed by atoms with van der Waals surface area (Å²) in [5, 5.41) is 0. The van der Waals surface area contributed by atoms with E-state index in [1.54, 1.807) is 0 Å². The van der Waals surface area contributed by atoms with Crippen LogP contribution in [0.2, 0.25) is 0 Å². The van der Waals surface area contributed by atoms with E-state index in [-0.39, 0.29) is 18.1 Å². The SMILES string of the molecule is O=C(CCc1ccccc1)N1C(=O)O[C@H]2CCCC[C@@H]21. The Kier molecular flexibility index (Phi) is 3.72. The summed E-state index contributed by atoms with van der Waals surface area (Å²) >= 11 is 0. The van der Waals surface area contributed by atoms with Gasteiger partial charge in [0.15, 0.2) is 0 Å². The van der Waals surface area contributed by atoms with Crippen molar-refractivity contribution < 1.29 is 14.3 Å². The average molecular weight is 273 g/mol. The first-order valence-corrected chi connectivity index (χ1v) is 7.32. The second kappa shape index (κ2) is 5.65. The van der Waals surface area contributed by atoms with Gasteiger partial charge in [-0.1, -0.05) is 36.8 Å². The predicted molar refractivity (Wildman–Crippen MR) is 74.1 cm³/mol. The molecule has 2 fully saturated rings. The number of imide groups is 1. The number of amides is 2. The summed E-state index contributed by atoms with van der Waals surface area (Å²) < 4.78 is 5.32. The van der Waals surface area contributed by atoms with Gasteiger partial charge < -0.3 is 4.74 Å². The largest absolute Gasteiger partial charge is 0.444 e. The molecule has 0 N–H and O–H groups in total. The molecule has 1 aromatic rings. The minimum Gasteiger partial charge on any atom is -0.444 e. The third kappa shape index (κ3) is 2.55. The molecule has 0 radical (unpaired) electrons. The van der Waals surface area contributed by atoms with Crippen LogP contribution in [-0.4, -0.2) is 29.0 Å². The molecule has 1 heterocycles. The van der Waals surface area contributed by atoms with Crippen LogP contribution in [0, 0.1) is 0 Å². The van der Waals surface area contributed by atoms with Gasteiger partial charge in [-0.2, -0.15) is 0 Å². The Labute approximate surface area is 118 Å². The zero-order chi connectivity index (χ0) is 13.9. The van der Waals surface area contributed by atoms with Gasteiger partial charge in [0.1, 0.15) is 6.10 Å². The highest BCUT2D eigenvalue weighted by Gasteiger charge is 2.45. The fourth-order valence-electron chi connectivity index (χ4n) is 3.13. The lowest BCUT2D eigenvalue weighted by Crippen LogP contribution is -2.42. The molecule has 0 unspecified atom stereocenters. The Morgan fingerprint density at radius 1 is 1.20 bits per heavy atom. The summed E-state index contributed by atoms with van der Waals surface area (Å²) in [6.45, 7) is 0. The first kappa shape index (κ1) is 13.2. The van der Waals surface area contributed by atoms with Gasteiger partial charge in [-0.3, -0.25) is 4.79 Å². The highest BCUT2D eigenvalue weighted by Crippen LogP contribution is 2.32. The number of carbonyl (C=O) groups excluding carboxylic acids is 2. The molecule has 3 rings (SSSR count). The van der Waals surface area contributed by atoms with Crippen molar-refractivity contribution in [3.63, 3.8) is 0 Å². The lowest BCUT2D eigenvalue weighted by Gasteiger charge is -2.26. The molecule has 1 aliphatic carbocycles. The summed E-state index contributed by atoms with van der Waals surface area (Å²) in [7, 11) is 0. The van der Waals surface area contributed by atoms with Crippen molar-refractivity contribution in [2.45, 2.75) is 50.7 Å². The average Bonchev–Trinajstić information content (AvgIpc) is 2.82. The number of hydrogen-bond donors (Lipinski definition) is 0. The number of hydrogen-bond acceptors (Lipinski definition) is 3. The highest BCUT2D eigenvalue weighted by molar-refractivity contribution is 5.93. The van der Waals surface area contributed by atoms with E-state index < -0.39 is 6.09 Å². The van der Waals surface area contributed by atoms with Crippen molar-refractivity contribution in [1.82, 2.24) is 4.90 Å². The standard InChI is InChI=1S/C16H19NO3/c18-15(11-10-12-6-2-1-3-7-12)17-13-8-4-5-9-14(13)20-16(17)19/h1-3,6-7,13-14H,4-5,8-11H2/t13-,14-/m0/s1. The number of nitrogens with zero attached hydrogens (tertiary/aromatic N) is 1. The van der Waals surface area contributed by atoms with Crippen LogP contribution >= 0.6 is 0 Å². The lowest BCUT2D eigenvalue weighted by molar-refractivity contribution is -0.129. The van der Waals surface area contributed by atoms with Gasteiger partial charge in [-0.15, -0.1) is 0 Å². The topological polar surface area (TPSA) is 46.6 Å². The molecule has 20 heavy (non-hydrogen) atoms. The molecule has 2 amide bonds. The molecule has 1 saturated carbocycles. The first-order chi connectivity index (χ1) is 9.75.